The summed E-state index contributed by atoms with van der Waals surface area (Å²) >= 11 is 3.42. The number of ketones is 1. The Labute approximate surface area is 165 Å². The minimum Gasteiger partial charge on any atom is -0.389 e. The summed E-state index contributed by atoms with van der Waals surface area (Å²) in [6.07, 6.45) is -1.79. The van der Waals surface area contributed by atoms with Crippen molar-refractivity contribution in [2.75, 3.05) is 13.2 Å². The van der Waals surface area contributed by atoms with Crippen molar-refractivity contribution in [1.29, 1.82) is 0 Å². The number of carbonyl (C=O) groups is 1. The molecule has 2 atom stereocenters. The van der Waals surface area contributed by atoms with E-state index in [-0.39, 0.29) is 6.54 Å². The number of aryl methyl sites for hydroxylation is 2. The quantitative estimate of drug-likeness (QED) is 0.516. The van der Waals surface area contributed by atoms with Crippen molar-refractivity contribution in [3.8, 4) is 9.75 Å². The first-order valence-corrected chi connectivity index (χ1v) is 10.3. The Morgan fingerprint density at radius 3 is 2.37 bits per heavy atom. The van der Waals surface area contributed by atoms with Crippen molar-refractivity contribution < 1.29 is 23.8 Å². The number of carbonyl (C=O) groups excluding carboxylic acids is 1. The summed E-state index contributed by atoms with van der Waals surface area (Å²) < 4.78 is 26.4. The van der Waals surface area contributed by atoms with Gasteiger partial charge in [0.2, 0.25) is 0 Å². The van der Waals surface area contributed by atoms with Gasteiger partial charge in [0.05, 0.1) is 0 Å². The highest BCUT2D eigenvalue weighted by Crippen LogP contribution is 2.34. The summed E-state index contributed by atoms with van der Waals surface area (Å²) in [5, 5.41) is 22.0. The second-order valence-electron chi connectivity index (χ2n) is 6.86. The van der Waals surface area contributed by atoms with Crippen molar-refractivity contribution >= 4 is 28.5 Å². The Kier molecular flexibility index (Phi) is 7.27. The Balaban J connectivity index is 1.96. The van der Waals surface area contributed by atoms with Crippen LogP contribution in [0.15, 0.2) is 24.3 Å². The first-order valence-electron chi connectivity index (χ1n) is 8.67. The van der Waals surface area contributed by atoms with Gasteiger partial charge in [-0.05, 0) is 64.4 Å². The normalized spacial score (nSPS) is 16.3. The molecule has 2 unspecified atom stereocenters. The van der Waals surface area contributed by atoms with Gasteiger partial charge in [0.25, 0.3) is 6.43 Å². The molecule has 4 nitrogen and oxygen atoms in total. The number of hydrogen-bond donors (Lipinski definition) is 3. The van der Waals surface area contributed by atoms with Crippen LogP contribution in [0, 0.1) is 6.92 Å². The fraction of sp³-hybridized carbons (Fsp3) is 0.526. The van der Waals surface area contributed by atoms with Crippen LogP contribution >= 0.6 is 22.7 Å². The number of Topliss-reactive ketones (excluding diaryl/α,β-unsaturated/α-hetero) is 1. The highest BCUT2D eigenvalue weighted by Gasteiger charge is 2.54. The lowest BCUT2D eigenvalue weighted by molar-refractivity contribution is -0.160. The van der Waals surface area contributed by atoms with Crippen LogP contribution in [0.1, 0.15) is 30.0 Å². The highest BCUT2D eigenvalue weighted by atomic mass is 32.1. The van der Waals surface area contributed by atoms with Gasteiger partial charge in [0.15, 0.2) is 5.78 Å². The molecule has 2 rings (SSSR count). The fourth-order valence-electron chi connectivity index (χ4n) is 2.75. The van der Waals surface area contributed by atoms with Gasteiger partial charge in [0, 0.05) is 19.5 Å². The summed E-state index contributed by atoms with van der Waals surface area (Å²) in [6, 6.07) is 8.29. The van der Waals surface area contributed by atoms with E-state index in [0.29, 0.717) is 6.42 Å². The largest absolute Gasteiger partial charge is 0.389 e. The molecule has 8 heteroatoms. The third-order valence-electron chi connectivity index (χ3n) is 4.86. The lowest BCUT2D eigenvalue weighted by atomic mass is 9.79. The Bertz CT molecular complexity index is 773. The number of alkyl halides is 2. The summed E-state index contributed by atoms with van der Waals surface area (Å²) in [5.74, 6) is -0.862. The van der Waals surface area contributed by atoms with Crippen LogP contribution in [-0.4, -0.2) is 46.7 Å². The van der Waals surface area contributed by atoms with E-state index in [4.69, 9.17) is 5.11 Å². The molecule has 0 fully saturated rings. The molecule has 2 aromatic heterocycles. The summed E-state index contributed by atoms with van der Waals surface area (Å²) in [6.45, 7) is 3.53. The van der Waals surface area contributed by atoms with Gasteiger partial charge in [-0.3, -0.25) is 4.79 Å². The van der Waals surface area contributed by atoms with E-state index in [0.717, 1.165) is 18.2 Å². The second kappa shape index (κ2) is 8.87. The molecule has 0 bridgehead atoms. The number of hydrogen-bond acceptors (Lipinski definition) is 6. The van der Waals surface area contributed by atoms with Gasteiger partial charge in [-0.25, -0.2) is 8.78 Å². The van der Waals surface area contributed by atoms with Crippen molar-refractivity contribution in [3.63, 3.8) is 0 Å². The number of thiophene rings is 2. The van der Waals surface area contributed by atoms with Gasteiger partial charge >= 0.3 is 0 Å². The van der Waals surface area contributed by atoms with Crippen molar-refractivity contribution in [2.24, 2.45) is 0 Å². The van der Waals surface area contributed by atoms with Gasteiger partial charge < -0.3 is 15.5 Å². The van der Waals surface area contributed by atoms with E-state index in [1.54, 1.807) is 22.7 Å². The molecule has 27 heavy (non-hydrogen) atoms. The molecule has 3 N–H and O–H groups in total. The van der Waals surface area contributed by atoms with Crippen LogP contribution < -0.4 is 5.32 Å². The van der Waals surface area contributed by atoms with Crippen LogP contribution in [0.3, 0.4) is 0 Å². The topological polar surface area (TPSA) is 69.6 Å². The van der Waals surface area contributed by atoms with Crippen molar-refractivity contribution in [1.82, 2.24) is 5.32 Å². The van der Waals surface area contributed by atoms with Gasteiger partial charge in [-0.1, -0.05) is 0 Å². The molecule has 0 radical (unpaired) electrons. The van der Waals surface area contributed by atoms with Crippen molar-refractivity contribution in [2.45, 2.75) is 51.2 Å². The molecule has 0 saturated heterocycles. The van der Waals surface area contributed by atoms with Crippen LogP contribution in [0.4, 0.5) is 8.78 Å². The van der Waals surface area contributed by atoms with Crippen LogP contribution in [0.5, 0.6) is 0 Å². The van der Waals surface area contributed by atoms with Crippen LogP contribution in [-0.2, 0) is 11.2 Å². The van der Waals surface area contributed by atoms with Gasteiger partial charge in [-0.15, -0.1) is 22.7 Å². The number of halogens is 2. The fourth-order valence-corrected chi connectivity index (χ4v) is 4.76. The SMILES string of the molecule is Cc1ccc(-c2ccc(CCCNC(C)(C(=O)CO)C(C)(O)C(F)F)s2)s1. The highest BCUT2D eigenvalue weighted by molar-refractivity contribution is 7.22. The molecular formula is C19H25F2NO3S2. The zero-order valence-corrected chi connectivity index (χ0v) is 17.2. The number of rotatable bonds is 10. The average Bonchev–Trinajstić information content (AvgIpc) is 3.26. The lowest BCUT2D eigenvalue weighted by Crippen LogP contribution is -2.68. The summed E-state index contributed by atoms with van der Waals surface area (Å²) in [4.78, 5) is 16.8. The molecule has 0 saturated carbocycles. The van der Waals surface area contributed by atoms with Crippen LogP contribution in [0.2, 0.25) is 0 Å². The predicted molar refractivity (Wildman–Crippen MR) is 106 cm³/mol. The third kappa shape index (κ3) is 4.81. The average molecular weight is 418 g/mol. The molecule has 150 valence electrons. The minimum absolute atomic E-state index is 0.260. The molecule has 0 spiro atoms. The van der Waals surface area contributed by atoms with Crippen molar-refractivity contribution in [3.05, 3.63) is 34.0 Å². The standard InChI is InChI=1S/C19H25F2NO3S2/c1-12-6-8-14(26-12)15-9-7-13(27-15)5-4-10-22-18(2,16(24)11-23)19(3,25)17(20)21/h6-9,17,22-23,25H,4-5,10-11H2,1-3H3. The maximum Gasteiger partial charge on any atom is 0.268 e. The monoisotopic (exact) mass is 417 g/mol. The second-order valence-corrected chi connectivity index (χ2v) is 9.32. The van der Waals surface area contributed by atoms with E-state index in [1.165, 1.54) is 21.6 Å². The molecule has 0 aliphatic rings. The van der Waals surface area contributed by atoms with Gasteiger partial charge in [-0.2, -0.15) is 0 Å². The smallest absolute Gasteiger partial charge is 0.268 e. The number of nitrogens with one attached hydrogen (secondary N) is 1. The zero-order chi connectivity index (χ0) is 20.2. The van der Waals surface area contributed by atoms with Gasteiger partial charge in [0.1, 0.15) is 17.7 Å². The van der Waals surface area contributed by atoms with E-state index in [9.17, 15) is 18.7 Å². The molecule has 0 aliphatic carbocycles. The van der Waals surface area contributed by atoms with E-state index in [1.807, 2.05) is 6.07 Å². The number of aliphatic hydroxyl groups excluding tert-OH is 1. The maximum atomic E-state index is 13.2. The molecule has 2 heterocycles. The maximum absolute atomic E-state index is 13.2. The molecular weight excluding hydrogens is 392 g/mol. The lowest BCUT2D eigenvalue weighted by Gasteiger charge is -2.41. The Hall–Kier alpha value is -1.19. The Morgan fingerprint density at radius 1 is 1.19 bits per heavy atom. The number of aliphatic hydroxyl groups is 2. The molecule has 0 aromatic carbocycles. The Morgan fingerprint density at radius 2 is 1.81 bits per heavy atom. The summed E-state index contributed by atoms with van der Waals surface area (Å²) in [5.41, 5.74) is -4.51. The third-order valence-corrected chi connectivity index (χ3v) is 7.20. The van der Waals surface area contributed by atoms with E-state index >= 15 is 0 Å². The predicted octanol–water partition coefficient (Wildman–Crippen LogP) is 3.64. The van der Waals surface area contributed by atoms with E-state index in [2.05, 4.69) is 30.4 Å². The summed E-state index contributed by atoms with van der Waals surface area (Å²) in [7, 11) is 0. The molecule has 0 amide bonds. The minimum atomic E-state index is -3.13. The molecule has 2 aromatic rings. The van der Waals surface area contributed by atoms with Crippen LogP contribution in [0.25, 0.3) is 9.75 Å². The van der Waals surface area contributed by atoms with E-state index < -0.39 is 30.0 Å². The first-order chi connectivity index (χ1) is 12.6. The molecule has 0 aliphatic heterocycles. The zero-order valence-electron chi connectivity index (χ0n) is 15.6. The first kappa shape index (κ1) is 22.1.